The molecule has 0 amide bonds. The van der Waals surface area contributed by atoms with Crippen LogP contribution in [0.5, 0.6) is 0 Å². The van der Waals surface area contributed by atoms with Gasteiger partial charge in [-0.2, -0.15) is 0 Å². The summed E-state index contributed by atoms with van der Waals surface area (Å²) in [6.07, 6.45) is 4.27. The largest absolute Gasteiger partial charge is 0.387 e. The van der Waals surface area contributed by atoms with E-state index >= 15 is 0 Å². The Balaban J connectivity index is 2.00. The Morgan fingerprint density at radius 3 is 3.20 bits per heavy atom. The molecule has 2 rings (SSSR count). The summed E-state index contributed by atoms with van der Waals surface area (Å²) < 4.78 is 5.50. The van der Waals surface area contributed by atoms with Crippen molar-refractivity contribution < 1.29 is 9.84 Å². The summed E-state index contributed by atoms with van der Waals surface area (Å²) >= 11 is 0. The second kappa shape index (κ2) is 4.73. The second-order valence-corrected chi connectivity index (χ2v) is 4.09. The molecule has 1 saturated heterocycles. The third kappa shape index (κ3) is 2.55. The van der Waals surface area contributed by atoms with Gasteiger partial charge in [-0.3, -0.25) is 4.98 Å². The first-order valence-electron chi connectivity index (χ1n) is 5.48. The molecule has 0 aromatic carbocycles. The number of nitrogens with zero attached hydrogens (tertiary/aromatic N) is 1. The summed E-state index contributed by atoms with van der Waals surface area (Å²) in [5.41, 5.74) is 1.83. The van der Waals surface area contributed by atoms with E-state index in [1.54, 1.807) is 6.20 Å². The Labute approximate surface area is 90.1 Å². The summed E-state index contributed by atoms with van der Waals surface area (Å²) in [5.74, 6) is 0. The molecule has 2 unspecified atom stereocenters. The number of aryl methyl sites for hydroxylation is 1. The third-order valence-electron chi connectivity index (χ3n) is 2.88. The Morgan fingerprint density at radius 2 is 2.53 bits per heavy atom. The van der Waals surface area contributed by atoms with E-state index in [2.05, 4.69) is 4.98 Å². The Hall–Kier alpha value is -0.930. The topological polar surface area (TPSA) is 42.4 Å². The fraction of sp³-hybridized carbons (Fsp3) is 0.583. The maximum Gasteiger partial charge on any atom is 0.0987 e. The first-order chi connectivity index (χ1) is 7.27. The van der Waals surface area contributed by atoms with E-state index in [0.717, 1.165) is 30.7 Å². The van der Waals surface area contributed by atoms with Crippen molar-refractivity contribution in [3.63, 3.8) is 0 Å². The van der Waals surface area contributed by atoms with Crippen LogP contribution in [0.15, 0.2) is 18.3 Å². The maximum absolute atomic E-state index is 10.0. The normalized spacial score (nSPS) is 22.9. The zero-order chi connectivity index (χ0) is 10.7. The molecule has 0 bridgehead atoms. The molecular weight excluding hydrogens is 190 g/mol. The van der Waals surface area contributed by atoms with Gasteiger partial charge in [0, 0.05) is 19.2 Å². The molecule has 1 aliphatic heterocycles. The van der Waals surface area contributed by atoms with Crippen molar-refractivity contribution in [2.45, 2.75) is 38.4 Å². The lowest BCUT2D eigenvalue weighted by molar-refractivity contribution is 0.0517. The summed E-state index contributed by atoms with van der Waals surface area (Å²) in [5, 5.41) is 10.0. The Kier molecular flexibility index (Phi) is 3.34. The van der Waals surface area contributed by atoms with Crippen molar-refractivity contribution in [1.29, 1.82) is 0 Å². The summed E-state index contributed by atoms with van der Waals surface area (Å²) in [4.78, 5) is 4.21. The highest BCUT2D eigenvalue weighted by atomic mass is 16.5. The van der Waals surface area contributed by atoms with E-state index in [9.17, 15) is 5.11 Å². The van der Waals surface area contributed by atoms with Gasteiger partial charge in [0.05, 0.1) is 17.9 Å². The molecule has 0 spiro atoms. The van der Waals surface area contributed by atoms with Crippen molar-refractivity contribution in [2.75, 3.05) is 6.61 Å². The number of pyridine rings is 1. The molecular formula is C12H17NO2. The van der Waals surface area contributed by atoms with Crippen LogP contribution in [0.2, 0.25) is 0 Å². The molecule has 1 N–H and O–H groups in total. The van der Waals surface area contributed by atoms with Gasteiger partial charge in [0.25, 0.3) is 0 Å². The highest BCUT2D eigenvalue weighted by Gasteiger charge is 2.21. The van der Waals surface area contributed by atoms with E-state index in [1.807, 2.05) is 19.1 Å². The van der Waals surface area contributed by atoms with Crippen LogP contribution in [-0.2, 0) is 4.74 Å². The fourth-order valence-electron chi connectivity index (χ4n) is 2.04. The van der Waals surface area contributed by atoms with Crippen molar-refractivity contribution in [1.82, 2.24) is 4.98 Å². The minimum atomic E-state index is -0.491. The first kappa shape index (κ1) is 10.6. The molecule has 1 aromatic rings. The van der Waals surface area contributed by atoms with E-state index in [-0.39, 0.29) is 6.10 Å². The van der Waals surface area contributed by atoms with Crippen molar-refractivity contribution in [3.05, 3.63) is 29.6 Å². The van der Waals surface area contributed by atoms with Crippen molar-refractivity contribution in [3.8, 4) is 0 Å². The first-order valence-corrected chi connectivity index (χ1v) is 5.48. The molecule has 0 radical (unpaired) electrons. The van der Waals surface area contributed by atoms with E-state index in [0.29, 0.717) is 6.42 Å². The molecule has 15 heavy (non-hydrogen) atoms. The predicted molar refractivity (Wildman–Crippen MR) is 57.5 cm³/mol. The van der Waals surface area contributed by atoms with Crippen LogP contribution in [0.25, 0.3) is 0 Å². The van der Waals surface area contributed by atoms with Crippen molar-refractivity contribution in [2.24, 2.45) is 0 Å². The predicted octanol–water partition coefficient (Wildman–Crippen LogP) is 1.99. The molecule has 3 heteroatoms. The van der Waals surface area contributed by atoms with Crippen molar-refractivity contribution >= 4 is 0 Å². The number of aromatic nitrogens is 1. The third-order valence-corrected chi connectivity index (χ3v) is 2.88. The Morgan fingerprint density at radius 1 is 1.67 bits per heavy atom. The minimum absolute atomic E-state index is 0.210. The Bertz CT molecular complexity index is 321. The molecule has 2 heterocycles. The number of hydrogen-bond acceptors (Lipinski definition) is 3. The highest BCUT2D eigenvalue weighted by molar-refractivity contribution is 5.19. The van der Waals surface area contributed by atoms with Crippen LogP contribution in [0.3, 0.4) is 0 Å². The standard InChI is InChI=1S/C12H17NO2/c1-9-4-2-6-13-12(9)11(14)8-10-5-3-7-15-10/h2,4,6,10-11,14H,3,5,7-8H2,1H3. The van der Waals surface area contributed by atoms with Crippen LogP contribution in [-0.4, -0.2) is 22.8 Å². The lowest BCUT2D eigenvalue weighted by Crippen LogP contribution is -2.13. The fourth-order valence-corrected chi connectivity index (χ4v) is 2.04. The van der Waals surface area contributed by atoms with Crippen LogP contribution in [0.1, 0.15) is 36.6 Å². The van der Waals surface area contributed by atoms with Gasteiger partial charge in [-0.15, -0.1) is 0 Å². The van der Waals surface area contributed by atoms with Crippen LogP contribution < -0.4 is 0 Å². The average Bonchev–Trinajstić information content (AvgIpc) is 2.71. The quantitative estimate of drug-likeness (QED) is 0.824. The summed E-state index contributed by atoms with van der Waals surface area (Å²) in [7, 11) is 0. The molecule has 1 fully saturated rings. The number of rotatable bonds is 3. The molecule has 2 atom stereocenters. The second-order valence-electron chi connectivity index (χ2n) is 4.09. The molecule has 82 valence electrons. The number of hydrogen-bond donors (Lipinski definition) is 1. The number of aliphatic hydroxyl groups excluding tert-OH is 1. The molecule has 0 saturated carbocycles. The lowest BCUT2D eigenvalue weighted by Gasteiger charge is -2.16. The number of aliphatic hydroxyl groups is 1. The average molecular weight is 207 g/mol. The van der Waals surface area contributed by atoms with Gasteiger partial charge in [-0.05, 0) is 31.4 Å². The van der Waals surface area contributed by atoms with E-state index < -0.39 is 6.10 Å². The zero-order valence-electron chi connectivity index (χ0n) is 9.02. The van der Waals surface area contributed by atoms with Gasteiger partial charge >= 0.3 is 0 Å². The highest BCUT2D eigenvalue weighted by Crippen LogP contribution is 2.25. The van der Waals surface area contributed by atoms with Gasteiger partial charge in [0.2, 0.25) is 0 Å². The van der Waals surface area contributed by atoms with E-state index in [1.165, 1.54) is 0 Å². The summed E-state index contributed by atoms with van der Waals surface area (Å²) in [6, 6.07) is 3.86. The molecule has 3 nitrogen and oxygen atoms in total. The van der Waals surface area contributed by atoms with E-state index in [4.69, 9.17) is 4.74 Å². The monoisotopic (exact) mass is 207 g/mol. The zero-order valence-corrected chi connectivity index (χ0v) is 9.02. The molecule has 1 aliphatic rings. The molecule has 0 aliphatic carbocycles. The van der Waals surface area contributed by atoms with Gasteiger partial charge in [0.1, 0.15) is 0 Å². The SMILES string of the molecule is Cc1cccnc1C(O)CC1CCCO1. The number of ether oxygens (including phenoxy) is 1. The van der Waals surface area contributed by atoms with Gasteiger partial charge in [0.15, 0.2) is 0 Å². The lowest BCUT2D eigenvalue weighted by atomic mass is 10.0. The summed E-state index contributed by atoms with van der Waals surface area (Å²) in [6.45, 7) is 2.81. The molecule has 1 aromatic heterocycles. The van der Waals surface area contributed by atoms with Gasteiger partial charge < -0.3 is 9.84 Å². The smallest absolute Gasteiger partial charge is 0.0987 e. The van der Waals surface area contributed by atoms with Gasteiger partial charge in [-0.25, -0.2) is 0 Å². The minimum Gasteiger partial charge on any atom is -0.387 e. The van der Waals surface area contributed by atoms with Gasteiger partial charge in [-0.1, -0.05) is 6.07 Å². The van der Waals surface area contributed by atoms with Crippen LogP contribution in [0, 0.1) is 6.92 Å². The maximum atomic E-state index is 10.0. The van der Waals surface area contributed by atoms with Crippen LogP contribution in [0.4, 0.5) is 0 Å². The van der Waals surface area contributed by atoms with Crippen LogP contribution >= 0.6 is 0 Å².